The zero-order chi connectivity index (χ0) is 17.5. The first-order valence-electron chi connectivity index (χ1n) is 8.70. The fourth-order valence-electron chi connectivity index (χ4n) is 3.29. The van der Waals surface area contributed by atoms with Crippen molar-refractivity contribution < 1.29 is 19.4 Å². The third kappa shape index (κ3) is 5.55. The first kappa shape index (κ1) is 18.3. The molecule has 2 N–H and O–H groups in total. The minimum absolute atomic E-state index is 0.0359. The molecule has 1 amide bonds. The lowest BCUT2D eigenvalue weighted by Crippen LogP contribution is -2.32. The van der Waals surface area contributed by atoms with E-state index >= 15 is 0 Å². The van der Waals surface area contributed by atoms with E-state index in [-0.39, 0.29) is 24.5 Å². The fraction of sp³-hybridized carbons (Fsp3) is 0.579. The number of carboxylic acid groups (broad SMARTS) is 1. The first-order valence-corrected chi connectivity index (χ1v) is 8.70. The Morgan fingerprint density at radius 2 is 1.83 bits per heavy atom. The highest BCUT2D eigenvalue weighted by atomic mass is 16.5. The van der Waals surface area contributed by atoms with Crippen LogP contribution < -0.4 is 10.1 Å². The lowest BCUT2D eigenvalue weighted by Gasteiger charge is -2.20. The standard InChI is InChI=1S/C19H27NO4/c1-13(11-15-5-3-4-6-15)19(23)20-14(2)16-7-9-17(10-8-16)24-12-18(21)22/h7-10,13-15H,3-6,11-12H2,1-2H3,(H,20,23)(H,21,22). The zero-order valence-electron chi connectivity index (χ0n) is 14.5. The van der Waals surface area contributed by atoms with Crippen molar-refractivity contribution in [2.45, 2.75) is 52.0 Å². The van der Waals surface area contributed by atoms with Crippen LogP contribution in [0.2, 0.25) is 0 Å². The van der Waals surface area contributed by atoms with Crippen molar-refractivity contribution in [3.63, 3.8) is 0 Å². The Labute approximate surface area is 143 Å². The Bertz CT molecular complexity index is 549. The van der Waals surface area contributed by atoms with Crippen LogP contribution in [0.5, 0.6) is 5.75 Å². The van der Waals surface area contributed by atoms with Gasteiger partial charge < -0.3 is 15.2 Å². The van der Waals surface area contributed by atoms with E-state index in [0.717, 1.165) is 12.0 Å². The van der Waals surface area contributed by atoms with Crippen LogP contribution in [-0.2, 0) is 9.59 Å². The number of rotatable bonds is 8. The van der Waals surface area contributed by atoms with E-state index in [1.807, 2.05) is 26.0 Å². The van der Waals surface area contributed by atoms with Crippen LogP contribution in [0.1, 0.15) is 57.6 Å². The maximum Gasteiger partial charge on any atom is 0.341 e. The van der Waals surface area contributed by atoms with Gasteiger partial charge in [0.15, 0.2) is 6.61 Å². The van der Waals surface area contributed by atoms with Gasteiger partial charge in [-0.3, -0.25) is 4.79 Å². The summed E-state index contributed by atoms with van der Waals surface area (Å²) in [5.41, 5.74) is 0.971. The number of nitrogens with one attached hydrogen (secondary N) is 1. The maximum absolute atomic E-state index is 12.4. The second-order valence-corrected chi connectivity index (χ2v) is 6.77. The number of aliphatic carboxylic acids is 1. The monoisotopic (exact) mass is 333 g/mol. The molecule has 5 nitrogen and oxygen atoms in total. The third-order valence-electron chi connectivity index (χ3n) is 4.71. The molecule has 1 saturated carbocycles. The van der Waals surface area contributed by atoms with E-state index in [1.54, 1.807) is 12.1 Å². The summed E-state index contributed by atoms with van der Waals surface area (Å²) in [7, 11) is 0. The molecule has 0 saturated heterocycles. The van der Waals surface area contributed by atoms with Gasteiger partial charge in [0, 0.05) is 5.92 Å². The minimum atomic E-state index is -1.00. The Hall–Kier alpha value is -2.04. The molecule has 1 aromatic carbocycles. The molecule has 2 rings (SSSR count). The second kappa shape index (κ2) is 8.71. The normalized spacial score (nSPS) is 17.2. The van der Waals surface area contributed by atoms with Gasteiger partial charge in [-0.2, -0.15) is 0 Å². The Morgan fingerprint density at radius 1 is 1.21 bits per heavy atom. The number of ether oxygens (including phenoxy) is 1. The van der Waals surface area contributed by atoms with Gasteiger partial charge in [-0.15, -0.1) is 0 Å². The zero-order valence-corrected chi connectivity index (χ0v) is 14.5. The van der Waals surface area contributed by atoms with E-state index in [4.69, 9.17) is 9.84 Å². The molecule has 0 radical (unpaired) electrons. The lowest BCUT2D eigenvalue weighted by molar-refractivity contribution is -0.139. The Morgan fingerprint density at radius 3 is 2.42 bits per heavy atom. The smallest absolute Gasteiger partial charge is 0.341 e. The van der Waals surface area contributed by atoms with Crippen LogP contribution in [0, 0.1) is 11.8 Å². The highest BCUT2D eigenvalue weighted by Gasteiger charge is 2.22. The van der Waals surface area contributed by atoms with Crippen molar-refractivity contribution in [3.8, 4) is 5.75 Å². The van der Waals surface area contributed by atoms with E-state index < -0.39 is 5.97 Å². The summed E-state index contributed by atoms with van der Waals surface area (Å²) in [5.74, 6) is 0.339. The topological polar surface area (TPSA) is 75.6 Å². The van der Waals surface area contributed by atoms with Gasteiger partial charge in [-0.25, -0.2) is 4.79 Å². The molecule has 2 unspecified atom stereocenters. The first-order chi connectivity index (χ1) is 11.5. The fourth-order valence-corrected chi connectivity index (χ4v) is 3.29. The number of hydrogen-bond donors (Lipinski definition) is 2. The van der Waals surface area contributed by atoms with E-state index in [9.17, 15) is 9.59 Å². The molecule has 1 aromatic rings. The molecule has 0 bridgehead atoms. The molecule has 5 heteroatoms. The molecule has 0 spiro atoms. The van der Waals surface area contributed by atoms with E-state index in [2.05, 4.69) is 5.32 Å². The Kier molecular flexibility index (Phi) is 6.64. The molecule has 2 atom stereocenters. The summed E-state index contributed by atoms with van der Waals surface area (Å²) in [4.78, 5) is 22.8. The van der Waals surface area contributed by atoms with E-state index in [0.29, 0.717) is 11.7 Å². The molecule has 1 fully saturated rings. The largest absolute Gasteiger partial charge is 0.482 e. The predicted octanol–water partition coefficient (Wildman–Crippen LogP) is 3.54. The molecule has 132 valence electrons. The van der Waals surface area contributed by atoms with Crippen LogP contribution in [0.3, 0.4) is 0 Å². The van der Waals surface area contributed by atoms with E-state index in [1.165, 1.54) is 25.7 Å². The van der Waals surface area contributed by atoms with Crippen LogP contribution in [0.15, 0.2) is 24.3 Å². The van der Waals surface area contributed by atoms with Gasteiger partial charge in [0.1, 0.15) is 5.75 Å². The van der Waals surface area contributed by atoms with Crippen molar-refractivity contribution in [2.24, 2.45) is 11.8 Å². The number of carbonyl (C=O) groups is 2. The van der Waals surface area contributed by atoms with Crippen molar-refractivity contribution in [3.05, 3.63) is 29.8 Å². The molecular formula is C19H27NO4. The Balaban J connectivity index is 1.82. The van der Waals surface area contributed by atoms with Crippen molar-refractivity contribution in [2.75, 3.05) is 6.61 Å². The average Bonchev–Trinajstić information content (AvgIpc) is 3.06. The number of benzene rings is 1. The molecule has 1 aliphatic carbocycles. The summed E-state index contributed by atoms with van der Waals surface area (Å²) in [6, 6.07) is 7.07. The van der Waals surface area contributed by atoms with Gasteiger partial charge in [-0.1, -0.05) is 44.7 Å². The van der Waals surface area contributed by atoms with Crippen LogP contribution in [0.4, 0.5) is 0 Å². The molecule has 24 heavy (non-hydrogen) atoms. The molecular weight excluding hydrogens is 306 g/mol. The maximum atomic E-state index is 12.4. The van der Waals surface area contributed by atoms with Crippen LogP contribution in [0.25, 0.3) is 0 Å². The summed E-state index contributed by atoms with van der Waals surface area (Å²) < 4.78 is 5.11. The predicted molar refractivity (Wildman–Crippen MR) is 91.9 cm³/mol. The summed E-state index contributed by atoms with van der Waals surface area (Å²) in [6.07, 6.45) is 6.08. The number of amides is 1. The van der Waals surface area contributed by atoms with Gasteiger partial charge in [0.05, 0.1) is 6.04 Å². The SMILES string of the molecule is CC(CC1CCCC1)C(=O)NC(C)c1ccc(OCC(=O)O)cc1. The third-order valence-corrected chi connectivity index (χ3v) is 4.71. The van der Waals surface area contributed by atoms with Crippen LogP contribution >= 0.6 is 0 Å². The number of hydrogen-bond acceptors (Lipinski definition) is 3. The van der Waals surface area contributed by atoms with Gasteiger partial charge in [0.2, 0.25) is 5.91 Å². The number of carboxylic acids is 1. The minimum Gasteiger partial charge on any atom is -0.482 e. The summed E-state index contributed by atoms with van der Waals surface area (Å²) >= 11 is 0. The highest BCUT2D eigenvalue weighted by Crippen LogP contribution is 2.30. The molecule has 0 heterocycles. The quantitative estimate of drug-likeness (QED) is 0.763. The molecule has 0 aromatic heterocycles. The molecule has 0 aliphatic heterocycles. The average molecular weight is 333 g/mol. The molecule has 1 aliphatic rings. The lowest BCUT2D eigenvalue weighted by atomic mass is 9.93. The van der Waals surface area contributed by atoms with Crippen molar-refractivity contribution in [1.29, 1.82) is 0 Å². The highest BCUT2D eigenvalue weighted by molar-refractivity contribution is 5.78. The second-order valence-electron chi connectivity index (χ2n) is 6.77. The van der Waals surface area contributed by atoms with Crippen LogP contribution in [-0.4, -0.2) is 23.6 Å². The van der Waals surface area contributed by atoms with Gasteiger partial charge in [-0.05, 0) is 37.0 Å². The van der Waals surface area contributed by atoms with Crippen molar-refractivity contribution in [1.82, 2.24) is 5.32 Å². The number of carbonyl (C=O) groups excluding carboxylic acids is 1. The summed E-state index contributed by atoms with van der Waals surface area (Å²) in [6.45, 7) is 3.60. The summed E-state index contributed by atoms with van der Waals surface area (Å²) in [5, 5.41) is 11.7. The van der Waals surface area contributed by atoms with Gasteiger partial charge in [0.25, 0.3) is 0 Å². The van der Waals surface area contributed by atoms with Gasteiger partial charge >= 0.3 is 5.97 Å². The van der Waals surface area contributed by atoms with Crippen molar-refractivity contribution >= 4 is 11.9 Å².